The predicted molar refractivity (Wildman–Crippen MR) is 79.7 cm³/mol. The maximum absolute atomic E-state index is 10.5. The van der Waals surface area contributed by atoms with Crippen molar-refractivity contribution < 1.29 is 19.3 Å². The SMILES string of the molecule is CC[n+]1c(O)[n+](-c2cccc(Cl)c2)c(O)c2ccccc21. The number of aromatic hydroxyl groups is 2. The van der Waals surface area contributed by atoms with Crippen molar-refractivity contribution in [1.29, 1.82) is 0 Å². The standard InChI is InChI=1S/C16H13ClN2O2/c1-2-18-14-9-4-3-8-13(14)15(20)19(16(18)21)12-7-5-6-11(17)10-12/h3-10H,2H2,1H3/p+2. The van der Waals surface area contributed by atoms with Crippen molar-refractivity contribution in [2.24, 2.45) is 0 Å². The number of rotatable bonds is 2. The summed E-state index contributed by atoms with van der Waals surface area (Å²) in [6, 6.07) is 14.3. The Labute approximate surface area is 127 Å². The average Bonchev–Trinajstić information content (AvgIpc) is 2.48. The lowest BCUT2D eigenvalue weighted by molar-refractivity contribution is -0.779. The fourth-order valence-electron chi connectivity index (χ4n) is 2.51. The van der Waals surface area contributed by atoms with Gasteiger partial charge in [0.1, 0.15) is 0 Å². The molecule has 0 aliphatic heterocycles. The first-order valence-electron chi connectivity index (χ1n) is 6.68. The highest BCUT2D eigenvalue weighted by Gasteiger charge is 2.34. The van der Waals surface area contributed by atoms with Crippen LogP contribution < -0.4 is 9.13 Å². The van der Waals surface area contributed by atoms with Crippen LogP contribution in [0.25, 0.3) is 16.6 Å². The molecular weight excluding hydrogens is 288 g/mol. The summed E-state index contributed by atoms with van der Waals surface area (Å²) in [5.74, 6) is -0.0185. The molecule has 0 bridgehead atoms. The van der Waals surface area contributed by atoms with Gasteiger partial charge in [0.2, 0.25) is 11.2 Å². The Balaban J connectivity index is 2.43. The van der Waals surface area contributed by atoms with Gasteiger partial charge in [-0.1, -0.05) is 34.4 Å². The number of halogens is 1. The second-order valence-electron chi connectivity index (χ2n) is 4.70. The lowest BCUT2D eigenvalue weighted by Gasteiger charge is -2.03. The lowest BCUT2D eigenvalue weighted by Crippen LogP contribution is -2.46. The van der Waals surface area contributed by atoms with E-state index >= 15 is 0 Å². The zero-order valence-corrected chi connectivity index (χ0v) is 12.2. The van der Waals surface area contributed by atoms with Crippen molar-refractivity contribution in [2.45, 2.75) is 13.5 Å². The highest BCUT2D eigenvalue weighted by molar-refractivity contribution is 6.30. The number of aromatic nitrogens is 2. The Hall–Kier alpha value is -2.33. The fourth-order valence-corrected chi connectivity index (χ4v) is 2.69. The van der Waals surface area contributed by atoms with E-state index in [9.17, 15) is 10.2 Å². The van der Waals surface area contributed by atoms with Gasteiger partial charge in [0.15, 0.2) is 11.9 Å². The summed E-state index contributed by atoms with van der Waals surface area (Å²) >= 11 is 6.01. The minimum absolute atomic E-state index is 0.0185. The van der Waals surface area contributed by atoms with Crippen LogP contribution in [0.3, 0.4) is 0 Å². The normalized spacial score (nSPS) is 11.0. The molecule has 0 atom stereocenters. The monoisotopic (exact) mass is 302 g/mol. The molecule has 5 heteroatoms. The van der Waals surface area contributed by atoms with Crippen molar-refractivity contribution in [1.82, 2.24) is 0 Å². The van der Waals surface area contributed by atoms with Crippen molar-refractivity contribution in [3.05, 3.63) is 53.6 Å². The molecule has 3 aromatic rings. The summed E-state index contributed by atoms with van der Waals surface area (Å²) in [6.45, 7) is 2.51. The molecule has 0 amide bonds. The van der Waals surface area contributed by atoms with E-state index in [1.807, 2.05) is 31.2 Å². The Morgan fingerprint density at radius 1 is 1.05 bits per heavy atom. The molecular formula is C16H15ClN2O2+2. The summed E-state index contributed by atoms with van der Waals surface area (Å²) in [6.07, 6.45) is 0. The number of hydrogen-bond donors (Lipinski definition) is 2. The maximum Gasteiger partial charge on any atom is 0.638 e. The second kappa shape index (κ2) is 5.22. The van der Waals surface area contributed by atoms with Gasteiger partial charge in [0.25, 0.3) is 0 Å². The Bertz CT molecular complexity index is 834. The smallest absolute Gasteiger partial charge is 0.459 e. The van der Waals surface area contributed by atoms with Crippen molar-refractivity contribution in [2.75, 3.05) is 0 Å². The predicted octanol–water partition coefficient (Wildman–Crippen LogP) is 2.49. The van der Waals surface area contributed by atoms with Crippen molar-refractivity contribution in [3.63, 3.8) is 0 Å². The van der Waals surface area contributed by atoms with Gasteiger partial charge < -0.3 is 10.2 Å². The number of nitrogens with zero attached hydrogens (tertiary/aromatic N) is 2. The highest BCUT2D eigenvalue weighted by atomic mass is 35.5. The first-order valence-corrected chi connectivity index (χ1v) is 7.05. The molecule has 0 radical (unpaired) electrons. The van der Waals surface area contributed by atoms with Crippen LogP contribution in [-0.2, 0) is 6.54 Å². The van der Waals surface area contributed by atoms with Gasteiger partial charge in [-0.05, 0) is 23.6 Å². The zero-order chi connectivity index (χ0) is 15.0. The molecule has 1 heterocycles. The average molecular weight is 303 g/mol. The van der Waals surface area contributed by atoms with E-state index in [2.05, 4.69) is 0 Å². The second-order valence-corrected chi connectivity index (χ2v) is 5.14. The number of para-hydroxylation sites is 1. The molecule has 4 nitrogen and oxygen atoms in total. The molecule has 0 spiro atoms. The van der Waals surface area contributed by atoms with E-state index in [4.69, 9.17) is 11.6 Å². The van der Waals surface area contributed by atoms with Crippen LogP contribution in [0.5, 0.6) is 11.9 Å². The van der Waals surface area contributed by atoms with Crippen LogP contribution in [0.15, 0.2) is 48.5 Å². The Morgan fingerprint density at radius 2 is 1.81 bits per heavy atom. The van der Waals surface area contributed by atoms with E-state index in [1.165, 1.54) is 4.57 Å². The third kappa shape index (κ3) is 2.17. The molecule has 0 aliphatic rings. The molecule has 0 saturated carbocycles. The molecule has 3 rings (SSSR count). The van der Waals surface area contributed by atoms with Gasteiger partial charge in [0, 0.05) is 23.2 Å². The topological polar surface area (TPSA) is 48.2 Å². The minimum atomic E-state index is -0.0454. The van der Waals surface area contributed by atoms with E-state index < -0.39 is 0 Å². The third-order valence-corrected chi connectivity index (χ3v) is 3.71. The van der Waals surface area contributed by atoms with E-state index in [0.717, 1.165) is 5.52 Å². The number of benzene rings is 2. The molecule has 21 heavy (non-hydrogen) atoms. The van der Waals surface area contributed by atoms with Crippen LogP contribution in [0.2, 0.25) is 5.02 Å². The van der Waals surface area contributed by atoms with Crippen LogP contribution >= 0.6 is 11.6 Å². The van der Waals surface area contributed by atoms with Crippen LogP contribution in [0.4, 0.5) is 0 Å². The summed E-state index contributed by atoms with van der Waals surface area (Å²) in [4.78, 5) is 0. The number of aryl methyl sites for hydroxylation is 1. The highest BCUT2D eigenvalue weighted by Crippen LogP contribution is 2.23. The van der Waals surface area contributed by atoms with Gasteiger partial charge in [-0.15, -0.1) is 0 Å². The van der Waals surface area contributed by atoms with Gasteiger partial charge in [0.05, 0.1) is 0 Å². The van der Waals surface area contributed by atoms with Gasteiger partial charge in [-0.2, -0.15) is 0 Å². The number of fused-ring (bicyclic) bond motifs is 1. The van der Waals surface area contributed by atoms with Crippen LogP contribution in [0, 0.1) is 0 Å². The first-order chi connectivity index (χ1) is 10.1. The van der Waals surface area contributed by atoms with E-state index in [1.54, 1.807) is 28.8 Å². The molecule has 0 unspecified atom stereocenters. The summed E-state index contributed by atoms with van der Waals surface area (Å²) in [5, 5.41) is 22.3. The van der Waals surface area contributed by atoms with Crippen molar-refractivity contribution >= 4 is 22.5 Å². The molecule has 2 aromatic carbocycles. The summed E-state index contributed by atoms with van der Waals surface area (Å²) in [5.41, 5.74) is 1.37. The van der Waals surface area contributed by atoms with Gasteiger partial charge in [-0.25, -0.2) is 0 Å². The quantitative estimate of drug-likeness (QED) is 0.715. The van der Waals surface area contributed by atoms with Gasteiger partial charge >= 0.3 is 11.9 Å². The molecule has 106 valence electrons. The third-order valence-electron chi connectivity index (χ3n) is 3.47. The van der Waals surface area contributed by atoms with Crippen molar-refractivity contribution in [3.8, 4) is 17.6 Å². The Kier molecular flexibility index (Phi) is 3.39. The molecule has 1 aromatic heterocycles. The largest absolute Gasteiger partial charge is 0.638 e. The molecule has 0 saturated heterocycles. The molecule has 0 fully saturated rings. The fraction of sp³-hybridized carbons (Fsp3) is 0.125. The molecule has 0 aliphatic carbocycles. The van der Waals surface area contributed by atoms with E-state index in [0.29, 0.717) is 22.6 Å². The number of hydrogen-bond acceptors (Lipinski definition) is 2. The summed E-state index contributed by atoms with van der Waals surface area (Å²) in [7, 11) is 0. The summed E-state index contributed by atoms with van der Waals surface area (Å²) < 4.78 is 3.12. The Morgan fingerprint density at radius 3 is 2.52 bits per heavy atom. The first kappa shape index (κ1) is 13.6. The van der Waals surface area contributed by atoms with E-state index in [-0.39, 0.29) is 11.9 Å². The molecule has 2 N–H and O–H groups in total. The van der Waals surface area contributed by atoms with Gasteiger partial charge in [-0.3, -0.25) is 0 Å². The van der Waals surface area contributed by atoms with Crippen LogP contribution in [0.1, 0.15) is 6.92 Å². The lowest BCUT2D eigenvalue weighted by atomic mass is 10.2. The van der Waals surface area contributed by atoms with Crippen LogP contribution in [-0.4, -0.2) is 10.2 Å². The minimum Gasteiger partial charge on any atom is -0.459 e. The zero-order valence-electron chi connectivity index (χ0n) is 11.5. The maximum atomic E-state index is 10.5.